The first-order valence-corrected chi connectivity index (χ1v) is 4.62. The van der Waals surface area contributed by atoms with Crippen LogP contribution in [0.2, 0.25) is 0 Å². The number of nitrogens with one attached hydrogen (secondary N) is 1. The summed E-state index contributed by atoms with van der Waals surface area (Å²) in [5.41, 5.74) is 1.45. The zero-order chi connectivity index (χ0) is 11.1. The number of alkyl halides is 3. The first kappa shape index (κ1) is 10.1. The van der Waals surface area contributed by atoms with Crippen molar-refractivity contribution in [1.82, 2.24) is 0 Å². The van der Waals surface area contributed by atoms with Crippen LogP contribution in [0.5, 0.6) is 0 Å². The lowest BCUT2D eigenvalue weighted by molar-refractivity contribution is -0.137. The highest BCUT2D eigenvalue weighted by Crippen LogP contribution is 2.36. The van der Waals surface area contributed by atoms with Crippen LogP contribution in [0.1, 0.15) is 17.5 Å². The van der Waals surface area contributed by atoms with Crippen LogP contribution in [0.25, 0.3) is 5.57 Å². The van der Waals surface area contributed by atoms with Crippen LogP contribution in [0, 0.1) is 0 Å². The summed E-state index contributed by atoms with van der Waals surface area (Å²) in [4.78, 5) is 0. The number of anilines is 1. The molecule has 1 aliphatic rings. The van der Waals surface area contributed by atoms with Crippen LogP contribution in [0.15, 0.2) is 24.8 Å². The van der Waals surface area contributed by atoms with Gasteiger partial charge >= 0.3 is 6.18 Å². The van der Waals surface area contributed by atoms with Gasteiger partial charge < -0.3 is 5.32 Å². The standard InChI is InChI=1S/C11H10F3N/c1-7-4-5-15-10-3-2-8(6-9(7)10)11(12,13)14/h2-3,6,15H,1,4-5H2. The molecule has 0 radical (unpaired) electrons. The molecule has 0 unspecified atom stereocenters. The van der Waals surface area contributed by atoms with Gasteiger partial charge in [0.1, 0.15) is 0 Å². The Morgan fingerprint density at radius 3 is 2.67 bits per heavy atom. The SMILES string of the molecule is C=C1CCNc2ccc(C(F)(F)F)cc21. The van der Waals surface area contributed by atoms with Gasteiger partial charge in [0.15, 0.2) is 0 Å². The van der Waals surface area contributed by atoms with Crippen molar-refractivity contribution < 1.29 is 13.2 Å². The van der Waals surface area contributed by atoms with E-state index in [0.29, 0.717) is 12.0 Å². The maximum Gasteiger partial charge on any atom is 0.416 e. The largest absolute Gasteiger partial charge is 0.416 e. The van der Waals surface area contributed by atoms with Crippen molar-refractivity contribution >= 4 is 11.3 Å². The van der Waals surface area contributed by atoms with Crippen LogP contribution in [-0.2, 0) is 6.18 Å². The minimum absolute atomic E-state index is 0.580. The van der Waals surface area contributed by atoms with E-state index < -0.39 is 11.7 Å². The molecule has 15 heavy (non-hydrogen) atoms. The summed E-state index contributed by atoms with van der Waals surface area (Å²) >= 11 is 0. The van der Waals surface area contributed by atoms with Crippen molar-refractivity contribution in [3.05, 3.63) is 35.9 Å². The zero-order valence-electron chi connectivity index (χ0n) is 7.99. The maximum atomic E-state index is 12.4. The van der Waals surface area contributed by atoms with E-state index in [1.807, 2.05) is 0 Å². The first-order valence-electron chi connectivity index (χ1n) is 4.62. The van der Waals surface area contributed by atoms with E-state index in [2.05, 4.69) is 11.9 Å². The Labute approximate surface area is 85.6 Å². The van der Waals surface area contributed by atoms with Crippen LogP contribution in [-0.4, -0.2) is 6.54 Å². The van der Waals surface area contributed by atoms with E-state index in [0.717, 1.165) is 29.9 Å². The topological polar surface area (TPSA) is 12.0 Å². The highest BCUT2D eigenvalue weighted by molar-refractivity contribution is 5.78. The number of halogens is 3. The van der Waals surface area contributed by atoms with Crippen molar-refractivity contribution in [3.63, 3.8) is 0 Å². The van der Waals surface area contributed by atoms with Crippen LogP contribution >= 0.6 is 0 Å². The van der Waals surface area contributed by atoms with Crippen molar-refractivity contribution in [2.75, 3.05) is 11.9 Å². The first-order chi connectivity index (χ1) is 6.98. The predicted octanol–water partition coefficient (Wildman–Crippen LogP) is 3.53. The van der Waals surface area contributed by atoms with Gasteiger partial charge in [-0.1, -0.05) is 6.58 Å². The lowest BCUT2D eigenvalue weighted by atomic mass is 9.96. The van der Waals surface area contributed by atoms with Gasteiger partial charge in [-0.3, -0.25) is 0 Å². The van der Waals surface area contributed by atoms with Crippen LogP contribution < -0.4 is 5.32 Å². The Bertz CT molecular complexity index is 407. The Kier molecular flexibility index (Phi) is 2.21. The third-order valence-electron chi connectivity index (χ3n) is 2.47. The Morgan fingerprint density at radius 2 is 2.00 bits per heavy atom. The van der Waals surface area contributed by atoms with Gasteiger partial charge in [-0.25, -0.2) is 0 Å². The van der Waals surface area contributed by atoms with E-state index in [-0.39, 0.29) is 0 Å². The van der Waals surface area contributed by atoms with E-state index >= 15 is 0 Å². The monoisotopic (exact) mass is 213 g/mol. The third-order valence-corrected chi connectivity index (χ3v) is 2.47. The second-order valence-corrected chi connectivity index (χ2v) is 3.54. The number of fused-ring (bicyclic) bond motifs is 1. The minimum Gasteiger partial charge on any atom is -0.384 e. The van der Waals surface area contributed by atoms with E-state index in [1.165, 1.54) is 6.07 Å². The van der Waals surface area contributed by atoms with E-state index in [9.17, 15) is 13.2 Å². The van der Waals surface area contributed by atoms with Crippen molar-refractivity contribution in [3.8, 4) is 0 Å². The van der Waals surface area contributed by atoms with Gasteiger partial charge in [-0.15, -0.1) is 0 Å². The fraction of sp³-hybridized carbons (Fsp3) is 0.273. The molecule has 0 bridgehead atoms. The average Bonchev–Trinajstić information content (AvgIpc) is 2.16. The third kappa shape index (κ3) is 1.84. The van der Waals surface area contributed by atoms with Crippen molar-refractivity contribution in [2.45, 2.75) is 12.6 Å². The zero-order valence-corrected chi connectivity index (χ0v) is 7.99. The molecule has 1 heterocycles. The molecular weight excluding hydrogens is 203 g/mol. The molecule has 1 nitrogen and oxygen atoms in total. The maximum absolute atomic E-state index is 12.4. The normalized spacial score (nSPS) is 15.8. The summed E-state index contributed by atoms with van der Waals surface area (Å²) in [6, 6.07) is 3.71. The molecule has 0 saturated carbocycles. The highest BCUT2D eigenvalue weighted by Gasteiger charge is 2.31. The molecule has 0 saturated heterocycles. The smallest absolute Gasteiger partial charge is 0.384 e. The molecule has 4 heteroatoms. The van der Waals surface area contributed by atoms with Crippen LogP contribution in [0.3, 0.4) is 0 Å². The molecule has 0 amide bonds. The van der Waals surface area contributed by atoms with Gasteiger partial charge in [-0.2, -0.15) is 13.2 Å². The average molecular weight is 213 g/mol. The number of benzene rings is 1. The molecule has 80 valence electrons. The second-order valence-electron chi connectivity index (χ2n) is 3.54. The van der Waals surface area contributed by atoms with Crippen molar-refractivity contribution in [1.29, 1.82) is 0 Å². The summed E-state index contributed by atoms with van der Waals surface area (Å²) in [6.07, 6.45) is -3.60. The summed E-state index contributed by atoms with van der Waals surface area (Å²) in [6.45, 7) is 4.50. The van der Waals surface area contributed by atoms with Gasteiger partial charge in [0.05, 0.1) is 5.56 Å². The number of rotatable bonds is 0. The lowest BCUT2D eigenvalue weighted by Gasteiger charge is -2.21. The molecule has 0 aromatic heterocycles. The summed E-state index contributed by atoms with van der Waals surface area (Å²) in [7, 11) is 0. The Morgan fingerprint density at radius 1 is 1.27 bits per heavy atom. The second kappa shape index (κ2) is 3.29. The minimum atomic E-state index is -4.28. The molecule has 1 aliphatic heterocycles. The molecule has 2 rings (SSSR count). The molecule has 0 atom stereocenters. The summed E-state index contributed by atoms with van der Waals surface area (Å²) in [5.74, 6) is 0. The molecule has 0 fully saturated rings. The molecular formula is C11H10F3N. The van der Waals surface area contributed by atoms with Gasteiger partial charge in [0.2, 0.25) is 0 Å². The molecule has 0 aliphatic carbocycles. The summed E-state index contributed by atoms with van der Waals surface area (Å²) < 4.78 is 37.3. The number of hydrogen-bond donors (Lipinski definition) is 1. The lowest BCUT2D eigenvalue weighted by Crippen LogP contribution is -2.13. The Hall–Kier alpha value is -1.45. The summed E-state index contributed by atoms with van der Waals surface area (Å²) in [5, 5.41) is 3.04. The predicted molar refractivity (Wildman–Crippen MR) is 53.6 cm³/mol. The van der Waals surface area contributed by atoms with E-state index in [4.69, 9.17) is 0 Å². The molecule has 1 aromatic carbocycles. The molecule has 1 aromatic rings. The van der Waals surface area contributed by atoms with Gasteiger partial charge in [0.25, 0.3) is 0 Å². The van der Waals surface area contributed by atoms with E-state index in [1.54, 1.807) is 0 Å². The fourth-order valence-electron chi connectivity index (χ4n) is 1.65. The molecule has 0 spiro atoms. The number of hydrogen-bond acceptors (Lipinski definition) is 1. The fourth-order valence-corrected chi connectivity index (χ4v) is 1.65. The van der Waals surface area contributed by atoms with Gasteiger partial charge in [0, 0.05) is 17.8 Å². The highest BCUT2D eigenvalue weighted by atomic mass is 19.4. The van der Waals surface area contributed by atoms with Crippen molar-refractivity contribution in [2.24, 2.45) is 0 Å². The van der Waals surface area contributed by atoms with Gasteiger partial charge in [-0.05, 0) is 30.2 Å². The van der Waals surface area contributed by atoms with Crippen LogP contribution in [0.4, 0.5) is 18.9 Å². The Balaban J connectivity index is 2.49. The molecule has 1 N–H and O–H groups in total. The quantitative estimate of drug-likeness (QED) is 0.695.